The Morgan fingerprint density at radius 1 is 1.25 bits per heavy atom. The van der Waals surface area contributed by atoms with Crippen LogP contribution in [0.15, 0.2) is 18.2 Å². The summed E-state index contributed by atoms with van der Waals surface area (Å²) >= 11 is 0. The fourth-order valence-electron chi connectivity index (χ4n) is 1.80. The molecule has 0 aliphatic rings. The third-order valence-corrected chi connectivity index (χ3v) is 2.51. The van der Waals surface area contributed by atoms with Gasteiger partial charge in [0, 0.05) is 17.5 Å². The molecule has 2 aromatic rings. The molecular formula is C12H12F2N2. The zero-order chi connectivity index (χ0) is 11.7. The molecule has 0 aliphatic carbocycles. The summed E-state index contributed by atoms with van der Waals surface area (Å²) < 4.78 is 27.0. The SMILES string of the molecule is Cc1cc(CCN)nc2c(F)ccc(F)c12. The lowest BCUT2D eigenvalue weighted by Crippen LogP contribution is -2.05. The molecule has 0 amide bonds. The van der Waals surface area contributed by atoms with E-state index in [1.807, 2.05) is 0 Å². The van der Waals surface area contributed by atoms with Gasteiger partial charge in [0.05, 0.1) is 0 Å². The molecule has 0 spiro atoms. The van der Waals surface area contributed by atoms with Crippen LogP contribution in [0, 0.1) is 18.6 Å². The van der Waals surface area contributed by atoms with Crippen molar-refractivity contribution in [3.05, 3.63) is 41.1 Å². The Bertz CT molecular complexity index is 538. The molecule has 84 valence electrons. The number of pyridine rings is 1. The molecule has 2 rings (SSSR count). The van der Waals surface area contributed by atoms with E-state index in [-0.39, 0.29) is 10.9 Å². The van der Waals surface area contributed by atoms with Crippen molar-refractivity contribution in [1.82, 2.24) is 4.98 Å². The summed E-state index contributed by atoms with van der Waals surface area (Å²) in [6.07, 6.45) is 0.562. The van der Waals surface area contributed by atoms with Crippen molar-refractivity contribution in [2.45, 2.75) is 13.3 Å². The summed E-state index contributed by atoms with van der Waals surface area (Å²) in [7, 11) is 0. The molecule has 1 heterocycles. The van der Waals surface area contributed by atoms with Crippen LogP contribution in [0.5, 0.6) is 0 Å². The van der Waals surface area contributed by atoms with Gasteiger partial charge in [-0.25, -0.2) is 13.8 Å². The number of nitrogens with two attached hydrogens (primary N) is 1. The van der Waals surface area contributed by atoms with Crippen LogP contribution in [-0.4, -0.2) is 11.5 Å². The first-order valence-corrected chi connectivity index (χ1v) is 5.08. The van der Waals surface area contributed by atoms with Gasteiger partial charge >= 0.3 is 0 Å². The molecule has 0 bridgehead atoms. The number of fused-ring (bicyclic) bond motifs is 1. The smallest absolute Gasteiger partial charge is 0.149 e. The van der Waals surface area contributed by atoms with Crippen LogP contribution in [0.3, 0.4) is 0 Å². The number of aryl methyl sites for hydroxylation is 1. The minimum absolute atomic E-state index is 0.0865. The summed E-state index contributed by atoms with van der Waals surface area (Å²) in [6.45, 7) is 2.18. The van der Waals surface area contributed by atoms with Crippen LogP contribution in [0.25, 0.3) is 10.9 Å². The molecule has 2 N–H and O–H groups in total. The fourth-order valence-corrected chi connectivity index (χ4v) is 1.80. The topological polar surface area (TPSA) is 38.9 Å². The standard InChI is InChI=1S/C12H12F2N2/c1-7-6-8(4-5-15)16-12-10(14)3-2-9(13)11(7)12/h2-3,6H,4-5,15H2,1H3. The van der Waals surface area contributed by atoms with Gasteiger partial charge in [0.15, 0.2) is 0 Å². The summed E-state index contributed by atoms with van der Waals surface area (Å²) in [6, 6.07) is 3.96. The van der Waals surface area contributed by atoms with Crippen molar-refractivity contribution in [2.75, 3.05) is 6.54 Å². The van der Waals surface area contributed by atoms with E-state index in [1.54, 1.807) is 13.0 Å². The first-order chi connectivity index (χ1) is 7.63. The molecule has 0 saturated carbocycles. The van der Waals surface area contributed by atoms with E-state index < -0.39 is 11.6 Å². The number of halogens is 2. The Morgan fingerprint density at radius 2 is 1.94 bits per heavy atom. The number of rotatable bonds is 2. The van der Waals surface area contributed by atoms with Crippen molar-refractivity contribution < 1.29 is 8.78 Å². The normalized spacial score (nSPS) is 11.0. The van der Waals surface area contributed by atoms with Gasteiger partial charge in [0.1, 0.15) is 17.2 Å². The van der Waals surface area contributed by atoms with Crippen LogP contribution >= 0.6 is 0 Å². The molecule has 0 atom stereocenters. The lowest BCUT2D eigenvalue weighted by atomic mass is 10.1. The molecule has 1 aromatic carbocycles. The third-order valence-electron chi connectivity index (χ3n) is 2.51. The van der Waals surface area contributed by atoms with Crippen molar-refractivity contribution in [3.63, 3.8) is 0 Å². The minimum Gasteiger partial charge on any atom is -0.330 e. The molecule has 0 saturated heterocycles. The van der Waals surface area contributed by atoms with E-state index in [4.69, 9.17) is 5.73 Å². The summed E-state index contributed by atoms with van der Waals surface area (Å²) in [5.41, 5.74) is 6.88. The molecule has 4 heteroatoms. The zero-order valence-corrected chi connectivity index (χ0v) is 8.93. The van der Waals surface area contributed by atoms with E-state index in [0.717, 1.165) is 12.1 Å². The van der Waals surface area contributed by atoms with Crippen LogP contribution < -0.4 is 5.73 Å². The van der Waals surface area contributed by atoms with E-state index in [9.17, 15) is 8.78 Å². The number of hydrogen-bond acceptors (Lipinski definition) is 2. The molecular weight excluding hydrogens is 210 g/mol. The van der Waals surface area contributed by atoms with Gasteiger partial charge in [-0.1, -0.05) is 0 Å². The Labute approximate surface area is 92.1 Å². The van der Waals surface area contributed by atoms with Crippen molar-refractivity contribution in [3.8, 4) is 0 Å². The maximum absolute atomic E-state index is 13.5. The Morgan fingerprint density at radius 3 is 2.62 bits per heavy atom. The Balaban J connectivity index is 2.76. The second kappa shape index (κ2) is 4.14. The molecule has 0 unspecified atom stereocenters. The van der Waals surface area contributed by atoms with E-state index in [2.05, 4.69) is 4.98 Å². The van der Waals surface area contributed by atoms with Crippen LogP contribution in [-0.2, 0) is 6.42 Å². The quantitative estimate of drug-likeness (QED) is 0.846. The largest absolute Gasteiger partial charge is 0.330 e. The summed E-state index contributed by atoms with van der Waals surface area (Å²) in [4.78, 5) is 4.09. The zero-order valence-electron chi connectivity index (χ0n) is 8.93. The molecule has 1 aromatic heterocycles. The second-order valence-corrected chi connectivity index (χ2v) is 3.72. The predicted molar refractivity (Wildman–Crippen MR) is 59.2 cm³/mol. The van der Waals surface area contributed by atoms with Gasteiger partial charge in [-0.2, -0.15) is 0 Å². The highest BCUT2D eigenvalue weighted by Gasteiger charge is 2.11. The van der Waals surface area contributed by atoms with Crippen molar-refractivity contribution in [2.24, 2.45) is 5.73 Å². The van der Waals surface area contributed by atoms with Crippen molar-refractivity contribution in [1.29, 1.82) is 0 Å². The predicted octanol–water partition coefficient (Wildman–Crippen LogP) is 2.32. The molecule has 16 heavy (non-hydrogen) atoms. The van der Waals surface area contributed by atoms with Gasteiger partial charge in [-0.05, 0) is 37.2 Å². The van der Waals surface area contributed by atoms with Gasteiger partial charge in [-0.15, -0.1) is 0 Å². The first-order valence-electron chi connectivity index (χ1n) is 5.08. The van der Waals surface area contributed by atoms with E-state index in [0.29, 0.717) is 24.2 Å². The fraction of sp³-hybridized carbons (Fsp3) is 0.250. The molecule has 0 aliphatic heterocycles. The van der Waals surface area contributed by atoms with Crippen LogP contribution in [0.4, 0.5) is 8.78 Å². The first kappa shape index (κ1) is 11.0. The highest BCUT2D eigenvalue weighted by molar-refractivity contribution is 5.83. The Kier molecular flexibility index (Phi) is 2.83. The number of hydrogen-bond donors (Lipinski definition) is 1. The van der Waals surface area contributed by atoms with Gasteiger partial charge in [0.25, 0.3) is 0 Å². The average molecular weight is 222 g/mol. The Hall–Kier alpha value is -1.55. The highest BCUT2D eigenvalue weighted by Crippen LogP contribution is 2.23. The lowest BCUT2D eigenvalue weighted by Gasteiger charge is -2.07. The minimum atomic E-state index is -0.502. The van der Waals surface area contributed by atoms with Gasteiger partial charge < -0.3 is 5.73 Å². The van der Waals surface area contributed by atoms with Crippen molar-refractivity contribution >= 4 is 10.9 Å². The van der Waals surface area contributed by atoms with Crippen LogP contribution in [0.1, 0.15) is 11.3 Å². The van der Waals surface area contributed by atoms with Gasteiger partial charge in [0.2, 0.25) is 0 Å². The number of benzene rings is 1. The lowest BCUT2D eigenvalue weighted by molar-refractivity contribution is 0.614. The van der Waals surface area contributed by atoms with E-state index in [1.165, 1.54) is 0 Å². The summed E-state index contributed by atoms with van der Waals surface area (Å²) in [5, 5.41) is 0.251. The molecule has 2 nitrogen and oxygen atoms in total. The highest BCUT2D eigenvalue weighted by atomic mass is 19.1. The maximum Gasteiger partial charge on any atom is 0.149 e. The van der Waals surface area contributed by atoms with Gasteiger partial charge in [-0.3, -0.25) is 0 Å². The monoisotopic (exact) mass is 222 g/mol. The third kappa shape index (κ3) is 1.76. The maximum atomic E-state index is 13.5. The second-order valence-electron chi connectivity index (χ2n) is 3.72. The molecule has 0 fully saturated rings. The molecule has 0 radical (unpaired) electrons. The summed E-state index contributed by atoms with van der Waals surface area (Å²) in [5.74, 6) is -0.945. The van der Waals surface area contributed by atoms with Crippen LogP contribution in [0.2, 0.25) is 0 Å². The van der Waals surface area contributed by atoms with E-state index >= 15 is 0 Å². The number of aromatic nitrogens is 1. The average Bonchev–Trinajstić information content (AvgIpc) is 2.23. The number of nitrogens with zero attached hydrogens (tertiary/aromatic N) is 1.